The van der Waals surface area contributed by atoms with E-state index in [0.717, 1.165) is 5.56 Å². The summed E-state index contributed by atoms with van der Waals surface area (Å²) in [6.07, 6.45) is 2.09. The van der Waals surface area contributed by atoms with Crippen LogP contribution in [0.3, 0.4) is 0 Å². The molecule has 1 aliphatic heterocycles. The number of phenolic OH excluding ortho intramolecular Hbond substituents is 1. The molecule has 0 fully saturated rings. The molecular weight excluding hydrogens is 450 g/mol. The van der Waals surface area contributed by atoms with E-state index < -0.39 is 17.4 Å². The molecule has 1 atom stereocenters. The Morgan fingerprint density at radius 2 is 1.80 bits per heavy atom. The molecule has 0 unspecified atom stereocenters. The summed E-state index contributed by atoms with van der Waals surface area (Å²) in [5.41, 5.74) is 1.13. The summed E-state index contributed by atoms with van der Waals surface area (Å²) in [6.45, 7) is 6.55. The van der Waals surface area contributed by atoms with E-state index >= 15 is 0 Å². The quantitative estimate of drug-likeness (QED) is 0.457. The molecule has 9 nitrogen and oxygen atoms in total. The second kappa shape index (κ2) is 10.1. The van der Waals surface area contributed by atoms with E-state index in [-0.39, 0.29) is 29.9 Å². The largest absolute Gasteiger partial charge is 0.508 e. The molecule has 1 aliphatic rings. The Morgan fingerprint density at radius 3 is 2.46 bits per heavy atom. The molecule has 35 heavy (non-hydrogen) atoms. The standard InChI is InChI=1S/C26H29N3O6/c1-4-29-13-19(24(31)18-11-21-22(12-20(18)29)35-14-34-21)25(32)28-23(15(2)3)26(33)27-10-9-16-5-7-17(30)8-6-16/h5-8,11-13,15,23,30H,4,9-10,14H2,1-3H3,(H,27,33)(H,28,32)/t23-/m1/s1. The van der Waals surface area contributed by atoms with Gasteiger partial charge in [-0.3, -0.25) is 14.4 Å². The topological polar surface area (TPSA) is 119 Å². The fourth-order valence-corrected chi connectivity index (χ4v) is 4.06. The fourth-order valence-electron chi connectivity index (χ4n) is 4.06. The molecule has 0 radical (unpaired) electrons. The van der Waals surface area contributed by atoms with Crippen molar-refractivity contribution in [3.05, 3.63) is 63.9 Å². The number of amides is 2. The zero-order valence-corrected chi connectivity index (χ0v) is 20.0. The van der Waals surface area contributed by atoms with Crippen molar-refractivity contribution in [2.45, 2.75) is 39.8 Å². The van der Waals surface area contributed by atoms with Gasteiger partial charge in [0.1, 0.15) is 17.4 Å². The van der Waals surface area contributed by atoms with Gasteiger partial charge in [-0.25, -0.2) is 0 Å². The maximum absolute atomic E-state index is 13.2. The number of benzene rings is 2. The Balaban J connectivity index is 1.52. The second-order valence-electron chi connectivity index (χ2n) is 8.78. The number of carbonyl (C=O) groups is 2. The Bertz CT molecular complexity index is 1310. The number of nitrogens with zero attached hydrogens (tertiary/aromatic N) is 1. The van der Waals surface area contributed by atoms with Crippen LogP contribution in [0.25, 0.3) is 10.9 Å². The lowest BCUT2D eigenvalue weighted by atomic mass is 10.0. The zero-order chi connectivity index (χ0) is 25.1. The normalized spacial score (nSPS) is 13.1. The molecule has 4 rings (SSSR count). The Hall–Kier alpha value is -4.01. The summed E-state index contributed by atoms with van der Waals surface area (Å²) in [5, 5.41) is 15.3. The first-order chi connectivity index (χ1) is 16.8. The average molecular weight is 480 g/mol. The molecule has 0 bridgehead atoms. The monoisotopic (exact) mass is 479 g/mol. The fraction of sp³-hybridized carbons (Fsp3) is 0.346. The Kier molecular flexibility index (Phi) is 6.95. The van der Waals surface area contributed by atoms with Crippen LogP contribution in [0.2, 0.25) is 0 Å². The third-order valence-corrected chi connectivity index (χ3v) is 6.04. The van der Waals surface area contributed by atoms with Crippen molar-refractivity contribution in [3.63, 3.8) is 0 Å². The number of hydrogen-bond acceptors (Lipinski definition) is 6. The number of ether oxygens (including phenoxy) is 2. The van der Waals surface area contributed by atoms with E-state index in [9.17, 15) is 19.5 Å². The highest BCUT2D eigenvalue weighted by Gasteiger charge is 2.27. The zero-order valence-electron chi connectivity index (χ0n) is 20.0. The number of fused-ring (bicyclic) bond motifs is 2. The van der Waals surface area contributed by atoms with Crippen LogP contribution in [0.5, 0.6) is 17.2 Å². The molecule has 2 amide bonds. The van der Waals surface area contributed by atoms with Crippen LogP contribution in [-0.4, -0.2) is 40.9 Å². The molecule has 3 aromatic rings. The number of aromatic nitrogens is 1. The van der Waals surface area contributed by atoms with Gasteiger partial charge >= 0.3 is 0 Å². The van der Waals surface area contributed by atoms with Crippen LogP contribution < -0.4 is 25.5 Å². The van der Waals surface area contributed by atoms with Crippen LogP contribution in [0, 0.1) is 5.92 Å². The maximum atomic E-state index is 13.2. The van der Waals surface area contributed by atoms with E-state index in [0.29, 0.717) is 41.9 Å². The Labute approximate surface area is 202 Å². The number of carbonyl (C=O) groups excluding carboxylic acids is 2. The highest BCUT2D eigenvalue weighted by molar-refractivity contribution is 6.00. The molecule has 0 aliphatic carbocycles. The minimum Gasteiger partial charge on any atom is -0.508 e. The number of phenols is 1. The lowest BCUT2D eigenvalue weighted by Gasteiger charge is -2.22. The third-order valence-electron chi connectivity index (χ3n) is 6.04. The van der Waals surface area contributed by atoms with E-state index in [1.54, 1.807) is 41.0 Å². The number of hydrogen-bond donors (Lipinski definition) is 3. The molecule has 2 aromatic carbocycles. The van der Waals surface area contributed by atoms with E-state index in [1.807, 2.05) is 20.8 Å². The molecule has 1 aromatic heterocycles. The van der Waals surface area contributed by atoms with Crippen LogP contribution in [-0.2, 0) is 17.8 Å². The van der Waals surface area contributed by atoms with Crippen molar-refractivity contribution >= 4 is 22.7 Å². The van der Waals surface area contributed by atoms with E-state index in [1.165, 1.54) is 6.20 Å². The van der Waals surface area contributed by atoms with Crippen LogP contribution in [0.1, 0.15) is 36.7 Å². The summed E-state index contributed by atoms with van der Waals surface area (Å²) in [4.78, 5) is 39.3. The lowest BCUT2D eigenvalue weighted by Crippen LogP contribution is -2.50. The SMILES string of the molecule is CCn1cc(C(=O)N[C@@H](C(=O)NCCc2ccc(O)cc2)C(C)C)c(=O)c2cc3c(cc21)OCO3. The summed E-state index contributed by atoms with van der Waals surface area (Å²) in [6, 6.07) is 9.27. The molecule has 3 N–H and O–H groups in total. The van der Waals surface area contributed by atoms with Crippen molar-refractivity contribution in [1.82, 2.24) is 15.2 Å². The number of aryl methyl sites for hydroxylation is 1. The number of aromatic hydroxyl groups is 1. The van der Waals surface area contributed by atoms with E-state index in [2.05, 4.69) is 10.6 Å². The van der Waals surface area contributed by atoms with Crippen LogP contribution >= 0.6 is 0 Å². The van der Waals surface area contributed by atoms with Gasteiger partial charge in [0, 0.05) is 25.4 Å². The maximum Gasteiger partial charge on any atom is 0.257 e. The number of rotatable bonds is 8. The first kappa shape index (κ1) is 24.1. The second-order valence-corrected chi connectivity index (χ2v) is 8.78. The third kappa shape index (κ3) is 5.08. The van der Waals surface area contributed by atoms with Gasteiger partial charge in [0.25, 0.3) is 5.91 Å². The van der Waals surface area contributed by atoms with Gasteiger partial charge in [-0.2, -0.15) is 0 Å². The van der Waals surface area contributed by atoms with Gasteiger partial charge in [0.05, 0.1) is 10.9 Å². The van der Waals surface area contributed by atoms with Gasteiger partial charge < -0.3 is 29.8 Å². The van der Waals surface area contributed by atoms with Crippen molar-refractivity contribution in [1.29, 1.82) is 0 Å². The van der Waals surface area contributed by atoms with Crippen molar-refractivity contribution in [2.24, 2.45) is 5.92 Å². The number of pyridine rings is 1. The highest BCUT2D eigenvalue weighted by Crippen LogP contribution is 2.35. The van der Waals surface area contributed by atoms with Gasteiger partial charge in [0.2, 0.25) is 18.1 Å². The molecule has 0 spiro atoms. The predicted molar refractivity (Wildman–Crippen MR) is 131 cm³/mol. The molecule has 184 valence electrons. The lowest BCUT2D eigenvalue weighted by molar-refractivity contribution is -0.123. The summed E-state index contributed by atoms with van der Waals surface area (Å²) >= 11 is 0. The van der Waals surface area contributed by atoms with Gasteiger partial charge in [-0.05, 0) is 43.0 Å². The highest BCUT2D eigenvalue weighted by atomic mass is 16.7. The van der Waals surface area contributed by atoms with Gasteiger partial charge in [-0.1, -0.05) is 26.0 Å². The molecular formula is C26H29N3O6. The summed E-state index contributed by atoms with van der Waals surface area (Å²) < 4.78 is 12.6. The van der Waals surface area contributed by atoms with Crippen molar-refractivity contribution in [2.75, 3.05) is 13.3 Å². The summed E-state index contributed by atoms with van der Waals surface area (Å²) in [5.74, 6) is 0.0658. The minimum absolute atomic E-state index is 0.0410. The number of nitrogens with one attached hydrogen (secondary N) is 2. The first-order valence-electron chi connectivity index (χ1n) is 11.6. The first-order valence-corrected chi connectivity index (χ1v) is 11.6. The van der Waals surface area contributed by atoms with Crippen molar-refractivity contribution < 1.29 is 24.2 Å². The summed E-state index contributed by atoms with van der Waals surface area (Å²) in [7, 11) is 0. The Morgan fingerprint density at radius 1 is 1.11 bits per heavy atom. The molecule has 2 heterocycles. The molecule has 9 heteroatoms. The van der Waals surface area contributed by atoms with Crippen LogP contribution in [0.4, 0.5) is 0 Å². The molecule has 0 saturated heterocycles. The predicted octanol–water partition coefficient (Wildman–Crippen LogP) is 2.57. The average Bonchev–Trinajstić information content (AvgIpc) is 3.30. The van der Waals surface area contributed by atoms with E-state index in [4.69, 9.17) is 9.47 Å². The van der Waals surface area contributed by atoms with Crippen molar-refractivity contribution in [3.8, 4) is 17.2 Å². The van der Waals surface area contributed by atoms with Gasteiger partial charge in [0.15, 0.2) is 11.5 Å². The van der Waals surface area contributed by atoms with Gasteiger partial charge in [-0.15, -0.1) is 0 Å². The van der Waals surface area contributed by atoms with Crippen LogP contribution in [0.15, 0.2) is 47.4 Å². The molecule has 0 saturated carbocycles. The smallest absolute Gasteiger partial charge is 0.257 e. The minimum atomic E-state index is -0.816.